The second-order valence-electron chi connectivity index (χ2n) is 7.07. The zero-order valence-corrected chi connectivity index (χ0v) is 19.6. The van der Waals surface area contributed by atoms with E-state index < -0.39 is 10.8 Å². The van der Waals surface area contributed by atoms with Crippen LogP contribution in [0.25, 0.3) is 11.5 Å². The first-order chi connectivity index (χ1) is 17.4. The molecule has 2 aromatic heterocycles. The van der Waals surface area contributed by atoms with Crippen LogP contribution in [0.5, 0.6) is 5.75 Å². The normalized spacial score (nSPS) is 10.6. The van der Waals surface area contributed by atoms with Gasteiger partial charge in [-0.3, -0.25) is 25.8 Å². The summed E-state index contributed by atoms with van der Waals surface area (Å²) in [6.45, 7) is 3.82. The third-order valence-corrected chi connectivity index (χ3v) is 5.87. The SMILES string of the molecule is C=C(NNC(=O)c1nnn(-c2nonc2N)c1CSc1ccccc1)c1ccc(OC)c([N+](=O)[O-])c1. The number of methoxy groups -OCH3 is 1. The van der Waals surface area contributed by atoms with E-state index in [2.05, 4.69) is 42.7 Å². The third kappa shape index (κ3) is 5.10. The molecular weight excluding hydrogens is 490 g/mol. The number of hydrogen-bond donors (Lipinski definition) is 3. The topological polar surface area (TPSA) is 189 Å². The third-order valence-electron chi connectivity index (χ3n) is 4.84. The van der Waals surface area contributed by atoms with Crippen molar-refractivity contribution in [2.75, 3.05) is 12.8 Å². The van der Waals surface area contributed by atoms with Gasteiger partial charge in [0, 0.05) is 22.3 Å². The van der Waals surface area contributed by atoms with E-state index in [-0.39, 0.29) is 40.2 Å². The molecule has 4 aromatic rings. The summed E-state index contributed by atoms with van der Waals surface area (Å²) in [5.74, 6) is -0.181. The quantitative estimate of drug-likeness (QED) is 0.161. The standard InChI is InChI=1S/C21H19N9O5S/c1-12(13-8-9-17(34-2)15(10-13)30(32)33)23-25-21(31)18-16(11-36-14-6-4-3-5-7-14)29(28-24-18)20-19(22)26-35-27-20/h3-10,23H,1,11H2,2H3,(H2,22,26)(H,25,31). The number of carbonyl (C=O) groups is 1. The van der Waals surface area contributed by atoms with Crippen molar-refractivity contribution < 1.29 is 19.1 Å². The number of rotatable bonds is 10. The highest BCUT2D eigenvalue weighted by molar-refractivity contribution is 7.98. The van der Waals surface area contributed by atoms with Gasteiger partial charge in [-0.1, -0.05) is 30.0 Å². The molecule has 0 saturated heterocycles. The Morgan fingerprint density at radius 2 is 2.03 bits per heavy atom. The highest BCUT2D eigenvalue weighted by Gasteiger charge is 2.24. The largest absolute Gasteiger partial charge is 0.490 e. The number of amides is 1. The van der Waals surface area contributed by atoms with Crippen molar-refractivity contribution in [3.8, 4) is 11.6 Å². The van der Waals surface area contributed by atoms with Gasteiger partial charge in [0.15, 0.2) is 11.4 Å². The van der Waals surface area contributed by atoms with E-state index in [1.54, 1.807) is 6.07 Å². The van der Waals surface area contributed by atoms with Gasteiger partial charge in [0.25, 0.3) is 5.91 Å². The van der Waals surface area contributed by atoms with E-state index in [1.807, 2.05) is 30.3 Å². The van der Waals surface area contributed by atoms with Crippen LogP contribution in [-0.2, 0) is 5.75 Å². The van der Waals surface area contributed by atoms with E-state index in [4.69, 9.17) is 10.5 Å². The fraction of sp³-hybridized carbons (Fsp3) is 0.0952. The molecule has 4 N–H and O–H groups in total. The number of anilines is 1. The fourth-order valence-corrected chi connectivity index (χ4v) is 3.98. The Balaban J connectivity index is 1.54. The summed E-state index contributed by atoms with van der Waals surface area (Å²) >= 11 is 1.44. The predicted octanol–water partition coefficient (Wildman–Crippen LogP) is 2.35. The Labute approximate surface area is 207 Å². The monoisotopic (exact) mass is 509 g/mol. The maximum Gasteiger partial charge on any atom is 0.311 e. The summed E-state index contributed by atoms with van der Waals surface area (Å²) < 4.78 is 10.9. The smallest absolute Gasteiger partial charge is 0.311 e. The summed E-state index contributed by atoms with van der Waals surface area (Å²) in [6.07, 6.45) is 0. The van der Waals surface area contributed by atoms with E-state index in [1.165, 1.54) is 35.7 Å². The number of carbonyl (C=O) groups excluding carboxylic acids is 1. The number of benzene rings is 2. The van der Waals surface area contributed by atoms with Crippen molar-refractivity contribution in [3.05, 3.63) is 82.2 Å². The van der Waals surface area contributed by atoms with Gasteiger partial charge in [-0.05, 0) is 34.6 Å². The molecule has 14 nitrogen and oxygen atoms in total. The van der Waals surface area contributed by atoms with Crippen LogP contribution in [0, 0.1) is 10.1 Å². The summed E-state index contributed by atoms with van der Waals surface area (Å²) in [4.78, 5) is 24.7. The first-order valence-electron chi connectivity index (χ1n) is 10.2. The number of nitrogens with zero attached hydrogens (tertiary/aromatic N) is 6. The van der Waals surface area contributed by atoms with Crippen molar-refractivity contribution in [1.82, 2.24) is 36.2 Å². The number of hydrazine groups is 1. The Hall–Kier alpha value is -4.92. The Kier molecular flexibility index (Phi) is 7.10. The van der Waals surface area contributed by atoms with Crippen molar-refractivity contribution in [1.29, 1.82) is 0 Å². The molecule has 0 fully saturated rings. The molecule has 0 aliphatic heterocycles. The molecule has 2 aromatic carbocycles. The molecule has 0 aliphatic rings. The number of nitrogens with one attached hydrogen (secondary N) is 2. The van der Waals surface area contributed by atoms with Crippen molar-refractivity contribution in [2.24, 2.45) is 0 Å². The Morgan fingerprint density at radius 3 is 2.69 bits per heavy atom. The van der Waals surface area contributed by atoms with Gasteiger partial charge in [0.1, 0.15) is 0 Å². The zero-order valence-electron chi connectivity index (χ0n) is 18.7. The summed E-state index contributed by atoms with van der Waals surface area (Å²) in [6, 6.07) is 13.8. The number of nitrogens with two attached hydrogens (primary N) is 1. The van der Waals surface area contributed by atoms with Gasteiger partial charge in [-0.25, -0.2) is 4.63 Å². The Morgan fingerprint density at radius 1 is 1.25 bits per heavy atom. The molecule has 36 heavy (non-hydrogen) atoms. The number of aromatic nitrogens is 5. The van der Waals surface area contributed by atoms with Gasteiger partial charge in [0.2, 0.25) is 11.6 Å². The lowest BCUT2D eigenvalue weighted by Gasteiger charge is -2.12. The second kappa shape index (κ2) is 10.6. The van der Waals surface area contributed by atoms with Crippen LogP contribution in [0.1, 0.15) is 21.7 Å². The van der Waals surface area contributed by atoms with Gasteiger partial charge < -0.3 is 10.5 Å². The van der Waals surface area contributed by atoms with Crippen LogP contribution < -0.4 is 21.3 Å². The number of nitro groups is 1. The van der Waals surface area contributed by atoms with Crippen LogP contribution in [0.15, 0.2) is 64.6 Å². The molecule has 0 radical (unpaired) electrons. The Bertz CT molecular complexity index is 1420. The average Bonchev–Trinajstić information content (AvgIpc) is 3.51. The van der Waals surface area contributed by atoms with Crippen molar-refractivity contribution in [3.63, 3.8) is 0 Å². The second-order valence-corrected chi connectivity index (χ2v) is 8.12. The molecule has 0 unspecified atom stereocenters. The molecule has 0 aliphatic carbocycles. The predicted molar refractivity (Wildman–Crippen MR) is 129 cm³/mol. The van der Waals surface area contributed by atoms with E-state index >= 15 is 0 Å². The van der Waals surface area contributed by atoms with Gasteiger partial charge >= 0.3 is 5.69 Å². The molecule has 1 amide bonds. The highest BCUT2D eigenvalue weighted by Crippen LogP contribution is 2.29. The van der Waals surface area contributed by atoms with Crippen molar-refractivity contribution >= 4 is 34.9 Å². The fourth-order valence-electron chi connectivity index (χ4n) is 3.07. The molecule has 0 atom stereocenters. The summed E-state index contributed by atoms with van der Waals surface area (Å²) in [7, 11) is 1.33. The van der Waals surface area contributed by atoms with Crippen LogP contribution in [0.2, 0.25) is 0 Å². The lowest BCUT2D eigenvalue weighted by Crippen LogP contribution is -2.36. The molecule has 2 heterocycles. The highest BCUT2D eigenvalue weighted by atomic mass is 32.2. The number of hydrogen-bond acceptors (Lipinski definition) is 12. The molecule has 4 rings (SSSR count). The van der Waals surface area contributed by atoms with Crippen LogP contribution in [0.3, 0.4) is 0 Å². The number of thioether (sulfide) groups is 1. The lowest BCUT2D eigenvalue weighted by molar-refractivity contribution is -0.385. The molecule has 15 heteroatoms. The van der Waals surface area contributed by atoms with Crippen LogP contribution in [0.4, 0.5) is 11.5 Å². The molecular formula is C21H19N9O5S. The van der Waals surface area contributed by atoms with E-state index in [0.29, 0.717) is 11.3 Å². The first-order valence-corrected chi connectivity index (χ1v) is 11.2. The van der Waals surface area contributed by atoms with Crippen LogP contribution in [-0.4, -0.2) is 43.2 Å². The van der Waals surface area contributed by atoms with Gasteiger partial charge in [0.05, 0.1) is 23.4 Å². The van der Waals surface area contributed by atoms with Gasteiger partial charge in [-0.15, -0.1) is 16.9 Å². The first kappa shape index (κ1) is 24.2. The minimum atomic E-state index is -0.635. The minimum absolute atomic E-state index is 0.0122. The zero-order chi connectivity index (χ0) is 25.7. The van der Waals surface area contributed by atoms with E-state index in [0.717, 1.165) is 4.90 Å². The van der Waals surface area contributed by atoms with E-state index in [9.17, 15) is 14.9 Å². The lowest BCUT2D eigenvalue weighted by atomic mass is 10.1. The van der Waals surface area contributed by atoms with Crippen molar-refractivity contribution in [2.45, 2.75) is 10.6 Å². The molecule has 0 saturated carbocycles. The molecule has 0 spiro atoms. The number of nitrogen functional groups attached to an aromatic ring is 1. The number of nitro benzene ring substituents is 1. The molecule has 0 bridgehead atoms. The minimum Gasteiger partial charge on any atom is -0.490 e. The summed E-state index contributed by atoms with van der Waals surface area (Å²) in [5, 5.41) is 26.6. The van der Waals surface area contributed by atoms with Crippen LogP contribution >= 0.6 is 11.8 Å². The maximum absolute atomic E-state index is 13.0. The summed E-state index contributed by atoms with van der Waals surface area (Å²) in [5.41, 5.74) is 11.6. The number of ether oxygens (including phenoxy) is 1. The average molecular weight is 510 g/mol. The van der Waals surface area contributed by atoms with Gasteiger partial charge in [-0.2, -0.15) is 4.68 Å². The molecule has 184 valence electrons. The maximum atomic E-state index is 13.0.